The van der Waals surface area contributed by atoms with Crippen LogP contribution < -0.4 is 0 Å². The lowest BCUT2D eigenvalue weighted by Gasteiger charge is -1.99. The first kappa shape index (κ1) is 11.4. The molecule has 0 spiro atoms. The van der Waals surface area contributed by atoms with Crippen molar-refractivity contribution in [1.82, 2.24) is 9.97 Å². The van der Waals surface area contributed by atoms with Gasteiger partial charge < -0.3 is 4.98 Å². The zero-order valence-corrected chi connectivity index (χ0v) is 11.1. The van der Waals surface area contributed by atoms with Crippen LogP contribution in [0.3, 0.4) is 0 Å². The Kier molecular flexibility index (Phi) is 3.42. The van der Waals surface area contributed by atoms with Crippen LogP contribution in [0.1, 0.15) is 25.1 Å². The molecule has 2 aromatic rings. The fraction of sp³-hybridized carbons (Fsp3) is 0.273. The van der Waals surface area contributed by atoms with Gasteiger partial charge in [0.15, 0.2) is 0 Å². The first-order chi connectivity index (χ1) is 7.74. The Bertz CT molecular complexity index is 523. The number of hydrogen-bond donors (Lipinski definition) is 1. The number of halogens is 1. The molecule has 1 N–H and O–H groups in total. The van der Waals surface area contributed by atoms with E-state index in [1.807, 2.05) is 19.1 Å². The Balaban J connectivity index is 2.30. The van der Waals surface area contributed by atoms with Gasteiger partial charge in [0.1, 0.15) is 11.7 Å². The van der Waals surface area contributed by atoms with Gasteiger partial charge in [-0.25, -0.2) is 4.98 Å². The highest BCUT2D eigenvalue weighted by atomic mass is 79.9. The monoisotopic (exact) mass is 295 g/mol. The summed E-state index contributed by atoms with van der Waals surface area (Å²) in [5, 5.41) is 8.95. The lowest BCUT2D eigenvalue weighted by molar-refractivity contribution is 0.766. The number of nitriles is 1. The Morgan fingerprint density at radius 1 is 1.62 bits per heavy atom. The van der Waals surface area contributed by atoms with Gasteiger partial charge in [-0.3, -0.25) is 0 Å². The first-order valence-electron chi connectivity index (χ1n) is 4.94. The van der Waals surface area contributed by atoms with E-state index in [1.54, 1.807) is 17.5 Å². The van der Waals surface area contributed by atoms with Crippen molar-refractivity contribution >= 4 is 27.3 Å². The largest absolute Gasteiger partial charge is 0.340 e. The average molecular weight is 296 g/mol. The van der Waals surface area contributed by atoms with E-state index in [0.29, 0.717) is 0 Å². The van der Waals surface area contributed by atoms with E-state index < -0.39 is 0 Å². The van der Waals surface area contributed by atoms with Gasteiger partial charge in [-0.15, -0.1) is 11.3 Å². The SMILES string of the molecule is CCC(C#N)c1ncc(-c2ccc(Br)s2)[nH]1. The maximum absolute atomic E-state index is 8.95. The minimum absolute atomic E-state index is 0.142. The smallest absolute Gasteiger partial charge is 0.123 e. The van der Waals surface area contributed by atoms with Crippen molar-refractivity contribution in [3.63, 3.8) is 0 Å². The second kappa shape index (κ2) is 4.81. The standard InChI is InChI=1S/C11H10BrN3S/c1-2-7(5-13)11-14-6-8(15-11)9-3-4-10(12)16-9/h3-4,6-7H,2H2,1H3,(H,14,15). The van der Waals surface area contributed by atoms with Crippen LogP contribution in [0.15, 0.2) is 22.1 Å². The third kappa shape index (κ3) is 2.18. The Morgan fingerprint density at radius 2 is 2.44 bits per heavy atom. The average Bonchev–Trinajstić information content (AvgIpc) is 2.89. The van der Waals surface area contributed by atoms with Gasteiger partial charge >= 0.3 is 0 Å². The minimum Gasteiger partial charge on any atom is -0.340 e. The third-order valence-corrected chi connectivity index (χ3v) is 3.99. The van der Waals surface area contributed by atoms with Gasteiger partial charge in [-0.1, -0.05) is 6.92 Å². The van der Waals surface area contributed by atoms with Gasteiger partial charge in [-0.2, -0.15) is 5.26 Å². The highest BCUT2D eigenvalue weighted by Gasteiger charge is 2.13. The molecular weight excluding hydrogens is 286 g/mol. The Hall–Kier alpha value is -1.12. The number of thiophene rings is 1. The molecule has 0 amide bonds. The van der Waals surface area contributed by atoms with Crippen LogP contribution in [0.2, 0.25) is 0 Å². The summed E-state index contributed by atoms with van der Waals surface area (Å²) in [5.41, 5.74) is 0.972. The summed E-state index contributed by atoms with van der Waals surface area (Å²) >= 11 is 5.07. The van der Waals surface area contributed by atoms with E-state index in [2.05, 4.69) is 32.0 Å². The minimum atomic E-state index is -0.142. The zero-order chi connectivity index (χ0) is 11.5. The summed E-state index contributed by atoms with van der Waals surface area (Å²) in [5.74, 6) is 0.613. The maximum atomic E-state index is 8.95. The third-order valence-electron chi connectivity index (χ3n) is 2.33. The van der Waals surface area contributed by atoms with Crippen LogP contribution in [0.4, 0.5) is 0 Å². The van der Waals surface area contributed by atoms with Crippen molar-refractivity contribution in [1.29, 1.82) is 5.26 Å². The van der Waals surface area contributed by atoms with Crippen LogP contribution in [0.25, 0.3) is 10.6 Å². The number of aromatic nitrogens is 2. The summed E-state index contributed by atoms with van der Waals surface area (Å²) in [6.07, 6.45) is 2.56. The molecule has 16 heavy (non-hydrogen) atoms. The molecular formula is C11H10BrN3S. The molecule has 0 fully saturated rings. The van der Waals surface area contributed by atoms with Crippen LogP contribution in [0, 0.1) is 11.3 Å². The molecule has 2 heterocycles. The van der Waals surface area contributed by atoms with E-state index >= 15 is 0 Å². The van der Waals surface area contributed by atoms with Crippen LogP contribution >= 0.6 is 27.3 Å². The van der Waals surface area contributed by atoms with Gasteiger partial charge in [0, 0.05) is 0 Å². The van der Waals surface area contributed by atoms with E-state index in [-0.39, 0.29) is 5.92 Å². The molecule has 0 radical (unpaired) electrons. The number of rotatable bonds is 3. The normalized spacial score (nSPS) is 12.3. The van der Waals surface area contributed by atoms with Crippen molar-refractivity contribution in [3.8, 4) is 16.6 Å². The van der Waals surface area contributed by atoms with E-state index in [1.165, 1.54) is 0 Å². The lowest BCUT2D eigenvalue weighted by atomic mass is 10.1. The molecule has 3 nitrogen and oxygen atoms in total. The molecule has 0 aliphatic rings. The lowest BCUT2D eigenvalue weighted by Crippen LogP contribution is -1.95. The molecule has 0 saturated carbocycles. The van der Waals surface area contributed by atoms with Crippen molar-refractivity contribution in [2.45, 2.75) is 19.3 Å². The molecule has 0 aliphatic heterocycles. The maximum Gasteiger partial charge on any atom is 0.123 e. The zero-order valence-electron chi connectivity index (χ0n) is 8.70. The molecule has 2 rings (SSSR count). The highest BCUT2D eigenvalue weighted by molar-refractivity contribution is 9.11. The Labute approximate surface area is 106 Å². The Morgan fingerprint density at radius 3 is 3.00 bits per heavy atom. The number of hydrogen-bond acceptors (Lipinski definition) is 3. The van der Waals surface area contributed by atoms with Crippen molar-refractivity contribution in [2.75, 3.05) is 0 Å². The first-order valence-corrected chi connectivity index (χ1v) is 6.55. The summed E-state index contributed by atoms with van der Waals surface area (Å²) in [6, 6.07) is 6.27. The molecule has 82 valence electrons. The van der Waals surface area contributed by atoms with Gasteiger partial charge in [0.2, 0.25) is 0 Å². The second-order valence-electron chi connectivity index (χ2n) is 3.38. The summed E-state index contributed by atoms with van der Waals surface area (Å²) in [6.45, 7) is 1.98. The van der Waals surface area contributed by atoms with Gasteiger partial charge in [0.25, 0.3) is 0 Å². The fourth-order valence-corrected chi connectivity index (χ4v) is 2.80. The summed E-state index contributed by atoms with van der Waals surface area (Å²) in [7, 11) is 0. The van der Waals surface area contributed by atoms with Crippen LogP contribution in [0.5, 0.6) is 0 Å². The highest BCUT2D eigenvalue weighted by Crippen LogP contribution is 2.30. The van der Waals surface area contributed by atoms with E-state index in [4.69, 9.17) is 5.26 Å². The van der Waals surface area contributed by atoms with Crippen LogP contribution in [-0.2, 0) is 0 Å². The predicted molar refractivity (Wildman–Crippen MR) is 68.2 cm³/mol. The van der Waals surface area contributed by atoms with Crippen LogP contribution in [-0.4, -0.2) is 9.97 Å². The van der Waals surface area contributed by atoms with Crippen molar-refractivity contribution in [2.24, 2.45) is 0 Å². The molecule has 0 aromatic carbocycles. The fourth-order valence-electron chi connectivity index (χ4n) is 1.44. The molecule has 0 bridgehead atoms. The van der Waals surface area contributed by atoms with E-state index in [9.17, 15) is 0 Å². The van der Waals surface area contributed by atoms with Crippen molar-refractivity contribution < 1.29 is 0 Å². The molecule has 5 heteroatoms. The summed E-state index contributed by atoms with van der Waals surface area (Å²) < 4.78 is 1.09. The summed E-state index contributed by atoms with van der Waals surface area (Å²) in [4.78, 5) is 8.58. The number of nitrogens with one attached hydrogen (secondary N) is 1. The predicted octanol–water partition coefficient (Wildman–Crippen LogP) is 3.92. The molecule has 1 atom stereocenters. The second-order valence-corrected chi connectivity index (χ2v) is 5.84. The number of H-pyrrole nitrogens is 1. The molecule has 0 saturated heterocycles. The number of aromatic amines is 1. The van der Waals surface area contributed by atoms with Gasteiger partial charge in [-0.05, 0) is 34.5 Å². The molecule has 1 unspecified atom stereocenters. The molecule has 0 aliphatic carbocycles. The number of nitrogens with zero attached hydrogens (tertiary/aromatic N) is 2. The van der Waals surface area contributed by atoms with Gasteiger partial charge in [0.05, 0.1) is 26.6 Å². The molecule has 2 aromatic heterocycles. The number of imidazole rings is 1. The quantitative estimate of drug-likeness (QED) is 0.933. The van der Waals surface area contributed by atoms with Crippen molar-refractivity contribution in [3.05, 3.63) is 27.9 Å². The topological polar surface area (TPSA) is 52.5 Å². The van der Waals surface area contributed by atoms with E-state index in [0.717, 1.165) is 26.6 Å².